The highest BCUT2D eigenvalue weighted by molar-refractivity contribution is 4.87. The summed E-state index contributed by atoms with van der Waals surface area (Å²) in [7, 11) is 0. The third-order valence-corrected chi connectivity index (χ3v) is 26.8. The standard InChI is InChI=1S/3C11H22.6C10H20O/c3*1-8(2)10-6-5-7-11(10)9(3)4;3*1-7(2)9-5-11-6-10(9)8(3)4;3*1-7(2)9-5-6-11-10(9)8(3)4/h3*8-11H,5-7H2,1-4H3;6*7-10H,5-6H2,1-4H3/t2*10-,11+;10-,11-;2*9-,10+;9-,10-;2*9-,10+;/m..0..010./s1. The van der Waals surface area contributed by atoms with Crippen LogP contribution in [0.1, 0.15) is 326 Å². The Morgan fingerprint density at radius 3 is 0.384 bits per heavy atom. The van der Waals surface area contributed by atoms with Crippen LogP contribution in [0.3, 0.4) is 0 Å². The molecule has 18 atom stereocenters. The first kappa shape index (κ1) is 96.8. The summed E-state index contributed by atoms with van der Waals surface area (Å²) in [6.07, 6.45) is 18.7. The summed E-state index contributed by atoms with van der Waals surface area (Å²) in [6, 6.07) is 0. The molecule has 6 aliphatic heterocycles. The Hall–Kier alpha value is -0.240. The van der Waals surface area contributed by atoms with E-state index in [4.69, 9.17) is 28.4 Å². The molecule has 0 amide bonds. The Morgan fingerprint density at radius 2 is 0.283 bits per heavy atom. The van der Waals surface area contributed by atoms with E-state index in [1.54, 1.807) is 0 Å². The lowest BCUT2D eigenvalue weighted by Gasteiger charge is -2.26. The summed E-state index contributed by atoms with van der Waals surface area (Å²) in [5.74, 6) is 27.9. The molecule has 0 spiro atoms. The van der Waals surface area contributed by atoms with Crippen molar-refractivity contribution < 1.29 is 28.4 Å². The van der Waals surface area contributed by atoms with Crippen LogP contribution >= 0.6 is 0 Å². The topological polar surface area (TPSA) is 55.4 Å². The van der Waals surface area contributed by atoms with Crippen LogP contribution in [0, 0.1) is 195 Å². The largest absolute Gasteiger partial charge is 0.381 e. The van der Waals surface area contributed by atoms with Gasteiger partial charge in [-0.05, 0) is 253 Å². The second kappa shape index (κ2) is 50.4. The minimum absolute atomic E-state index is 0.523. The zero-order valence-electron chi connectivity index (χ0n) is 74.1. The van der Waals surface area contributed by atoms with Gasteiger partial charge in [-0.1, -0.05) is 269 Å². The van der Waals surface area contributed by atoms with Crippen molar-refractivity contribution in [1.82, 2.24) is 0 Å². The Kier molecular flexibility index (Phi) is 49.3. The van der Waals surface area contributed by atoms with Gasteiger partial charge in [0, 0.05) is 59.5 Å². The van der Waals surface area contributed by atoms with Gasteiger partial charge in [-0.15, -0.1) is 0 Å². The number of hydrogen-bond donors (Lipinski definition) is 0. The predicted octanol–water partition coefficient (Wildman–Crippen LogP) is 26.9. The molecule has 3 aliphatic carbocycles. The number of hydrogen-bond acceptors (Lipinski definition) is 6. The van der Waals surface area contributed by atoms with E-state index < -0.39 is 0 Å². The molecular weight excluding hydrogens is 1210 g/mol. The maximum absolute atomic E-state index is 5.69. The van der Waals surface area contributed by atoms with Crippen molar-refractivity contribution in [2.24, 2.45) is 195 Å². The Morgan fingerprint density at radius 1 is 0.152 bits per heavy atom. The summed E-state index contributed by atoms with van der Waals surface area (Å²) in [4.78, 5) is 0. The van der Waals surface area contributed by atoms with Gasteiger partial charge in [-0.3, -0.25) is 0 Å². The maximum atomic E-state index is 5.69. The van der Waals surface area contributed by atoms with E-state index in [1.807, 2.05) is 0 Å². The molecule has 0 aromatic rings. The molecule has 3 saturated carbocycles. The van der Waals surface area contributed by atoms with E-state index in [0.29, 0.717) is 36.1 Å². The van der Waals surface area contributed by atoms with Crippen LogP contribution in [0.15, 0.2) is 0 Å². The average Bonchev–Trinajstić information content (AvgIpc) is 1.94. The van der Waals surface area contributed by atoms with E-state index in [-0.39, 0.29) is 0 Å². The van der Waals surface area contributed by atoms with E-state index in [0.717, 1.165) is 237 Å². The van der Waals surface area contributed by atoms with Gasteiger partial charge in [-0.25, -0.2) is 0 Å². The van der Waals surface area contributed by atoms with Crippen molar-refractivity contribution in [2.75, 3.05) is 59.5 Å². The van der Waals surface area contributed by atoms with Gasteiger partial charge in [0.15, 0.2) is 0 Å². The van der Waals surface area contributed by atoms with E-state index in [1.165, 1.54) is 77.0 Å². The summed E-state index contributed by atoms with van der Waals surface area (Å²) >= 11 is 0. The van der Waals surface area contributed by atoms with Crippen molar-refractivity contribution in [3.63, 3.8) is 0 Å². The fourth-order valence-electron chi connectivity index (χ4n) is 20.0. The first-order valence-corrected chi connectivity index (χ1v) is 43.7. The Bertz CT molecular complexity index is 1350. The first-order chi connectivity index (χ1) is 46.1. The fourth-order valence-corrected chi connectivity index (χ4v) is 20.0. The Labute approximate surface area is 624 Å². The Balaban J connectivity index is 0.000000557. The lowest BCUT2D eigenvalue weighted by molar-refractivity contribution is 0.0434. The van der Waals surface area contributed by atoms with E-state index >= 15 is 0 Å². The third kappa shape index (κ3) is 34.3. The highest BCUT2D eigenvalue weighted by Gasteiger charge is 2.39. The molecule has 0 bridgehead atoms. The van der Waals surface area contributed by atoms with E-state index in [9.17, 15) is 0 Å². The molecule has 0 N–H and O–H groups in total. The van der Waals surface area contributed by atoms with Crippen LogP contribution in [0.25, 0.3) is 0 Å². The molecule has 6 heteroatoms. The molecule has 0 aromatic heterocycles. The molecule has 0 radical (unpaired) electrons. The number of ether oxygens (including phenoxy) is 6. The molecule has 0 aromatic carbocycles. The predicted molar refractivity (Wildman–Crippen MR) is 437 cm³/mol. The summed E-state index contributed by atoms with van der Waals surface area (Å²) < 4.78 is 33.5. The SMILES string of the molecule is CC(C)C1CCOC1C(C)C.CC(C)[C@@H]1CCC[C@H]1C(C)C.CC(C)[C@@H]1COC[C@H]1C(C)C.CC(C)[C@H]1CCC[C@H]1C(C)C.CC(C)[C@H]1CCC[C@H]1C(C)C.CC(C)[C@H]1CCO[C@H]1C(C)C.CC(C)[C@H]1COC[C@H]1C(C)C.CC(C)[C@H]1COC[C@H]1C(C)C.CC(C)[C@H]1OCC[C@H]1C(C)C. The molecule has 6 nitrogen and oxygen atoms in total. The first-order valence-electron chi connectivity index (χ1n) is 43.7. The molecule has 9 rings (SSSR count). The fraction of sp³-hybridized carbons (Fsp3) is 1.00. The van der Waals surface area contributed by atoms with Gasteiger partial charge in [0.2, 0.25) is 0 Å². The van der Waals surface area contributed by atoms with Crippen molar-refractivity contribution in [2.45, 2.75) is 345 Å². The highest BCUT2D eigenvalue weighted by atomic mass is 16.5. The van der Waals surface area contributed by atoms with Gasteiger partial charge < -0.3 is 28.4 Å². The van der Waals surface area contributed by atoms with Gasteiger partial charge in [-0.2, -0.15) is 0 Å². The van der Waals surface area contributed by atoms with Crippen LogP contribution in [0.5, 0.6) is 0 Å². The van der Waals surface area contributed by atoms with Gasteiger partial charge in [0.05, 0.1) is 18.3 Å². The summed E-state index contributed by atoms with van der Waals surface area (Å²) in [5, 5.41) is 0. The monoisotopic (exact) mass is 1400 g/mol. The molecule has 99 heavy (non-hydrogen) atoms. The molecule has 6 saturated heterocycles. The van der Waals surface area contributed by atoms with Crippen LogP contribution in [0.2, 0.25) is 0 Å². The zero-order chi connectivity index (χ0) is 75.9. The third-order valence-electron chi connectivity index (χ3n) is 26.8. The van der Waals surface area contributed by atoms with Gasteiger partial charge >= 0.3 is 0 Å². The van der Waals surface area contributed by atoms with Gasteiger partial charge in [0.1, 0.15) is 0 Å². The summed E-state index contributed by atoms with van der Waals surface area (Å²) in [6.45, 7) is 92.4. The van der Waals surface area contributed by atoms with Crippen LogP contribution in [-0.2, 0) is 28.4 Å². The van der Waals surface area contributed by atoms with Crippen molar-refractivity contribution in [3.05, 3.63) is 0 Å². The second-order valence-electron chi connectivity index (χ2n) is 40.1. The lowest BCUT2D eigenvalue weighted by Crippen LogP contribution is -2.25. The quantitative estimate of drug-likeness (QED) is 0.136. The molecule has 9 fully saturated rings. The van der Waals surface area contributed by atoms with Crippen molar-refractivity contribution in [1.29, 1.82) is 0 Å². The minimum atomic E-state index is 0.523. The minimum Gasteiger partial charge on any atom is -0.381 e. The maximum Gasteiger partial charge on any atom is 0.0629 e. The molecular formula is C93H186O6. The van der Waals surface area contributed by atoms with Crippen LogP contribution in [0.4, 0.5) is 0 Å². The molecule has 2 unspecified atom stereocenters. The van der Waals surface area contributed by atoms with E-state index in [2.05, 4.69) is 249 Å². The summed E-state index contributed by atoms with van der Waals surface area (Å²) in [5.41, 5.74) is 0. The number of rotatable bonds is 18. The molecule has 9 aliphatic rings. The zero-order valence-corrected chi connectivity index (χ0v) is 74.1. The van der Waals surface area contributed by atoms with Crippen LogP contribution in [-0.4, -0.2) is 77.8 Å². The molecule has 594 valence electrons. The second-order valence-corrected chi connectivity index (χ2v) is 40.1. The van der Waals surface area contributed by atoms with Crippen LogP contribution < -0.4 is 0 Å². The average molecular weight is 1400 g/mol. The van der Waals surface area contributed by atoms with Crippen molar-refractivity contribution >= 4 is 0 Å². The highest BCUT2D eigenvalue weighted by Crippen LogP contribution is 2.44. The molecule has 6 heterocycles. The van der Waals surface area contributed by atoms with Gasteiger partial charge in [0.25, 0.3) is 0 Å². The van der Waals surface area contributed by atoms with Crippen molar-refractivity contribution in [3.8, 4) is 0 Å². The smallest absolute Gasteiger partial charge is 0.0629 e. The normalized spacial score (nSPS) is 32.2. The lowest BCUT2D eigenvalue weighted by atomic mass is 9.80.